The van der Waals surface area contributed by atoms with E-state index in [0.29, 0.717) is 54.3 Å². The number of carbonyl (C=O) groups is 2. The van der Waals surface area contributed by atoms with Gasteiger partial charge in [0, 0.05) is 30.3 Å². The van der Waals surface area contributed by atoms with Crippen molar-refractivity contribution in [2.24, 2.45) is 0 Å². The summed E-state index contributed by atoms with van der Waals surface area (Å²) >= 11 is 0. The van der Waals surface area contributed by atoms with Crippen LogP contribution in [0.15, 0.2) is 36.4 Å². The first kappa shape index (κ1) is 21.4. The molecule has 7 nitrogen and oxygen atoms in total. The molecular weight excluding hydrogens is 391 g/mol. The highest BCUT2D eigenvalue weighted by molar-refractivity contribution is 5.96. The third kappa shape index (κ3) is 4.64. The largest absolute Gasteiger partial charge is 0.493 e. The van der Waals surface area contributed by atoms with Crippen molar-refractivity contribution in [2.45, 2.75) is 18.9 Å². The van der Waals surface area contributed by atoms with E-state index in [1.54, 1.807) is 17.0 Å². The van der Waals surface area contributed by atoms with Gasteiger partial charge in [-0.05, 0) is 49.2 Å². The molecule has 0 saturated carbocycles. The van der Waals surface area contributed by atoms with Gasteiger partial charge in [0.25, 0.3) is 11.8 Å². The van der Waals surface area contributed by atoms with Crippen molar-refractivity contribution < 1.29 is 28.2 Å². The van der Waals surface area contributed by atoms with E-state index in [4.69, 9.17) is 14.2 Å². The number of hydrogen-bond acceptors (Lipinski definition) is 5. The topological polar surface area (TPSA) is 77.1 Å². The fourth-order valence-corrected chi connectivity index (χ4v) is 3.48. The van der Waals surface area contributed by atoms with Crippen molar-refractivity contribution in [1.29, 1.82) is 0 Å². The predicted molar refractivity (Wildman–Crippen MR) is 109 cm³/mol. The Kier molecular flexibility index (Phi) is 6.76. The van der Waals surface area contributed by atoms with Crippen LogP contribution in [0.2, 0.25) is 0 Å². The number of piperidine rings is 1. The Bertz CT molecular complexity index is 883. The maximum atomic E-state index is 13.1. The molecule has 2 amide bonds. The summed E-state index contributed by atoms with van der Waals surface area (Å²) in [5.41, 5.74) is 0.852. The first-order valence-electron chi connectivity index (χ1n) is 9.62. The van der Waals surface area contributed by atoms with Gasteiger partial charge in [-0.2, -0.15) is 0 Å². The number of methoxy groups -OCH3 is 3. The third-order valence-corrected chi connectivity index (χ3v) is 5.14. The van der Waals surface area contributed by atoms with Gasteiger partial charge < -0.3 is 24.4 Å². The highest BCUT2D eigenvalue weighted by Crippen LogP contribution is 2.38. The van der Waals surface area contributed by atoms with Gasteiger partial charge in [0.2, 0.25) is 5.75 Å². The molecule has 160 valence electrons. The van der Waals surface area contributed by atoms with Crippen molar-refractivity contribution in [1.82, 2.24) is 10.2 Å². The lowest BCUT2D eigenvalue weighted by Gasteiger charge is -2.32. The van der Waals surface area contributed by atoms with Crippen molar-refractivity contribution in [3.63, 3.8) is 0 Å². The Morgan fingerprint density at radius 2 is 1.50 bits per heavy atom. The Hall–Kier alpha value is -3.29. The molecule has 0 bridgehead atoms. The third-order valence-electron chi connectivity index (χ3n) is 5.14. The van der Waals surface area contributed by atoms with E-state index in [2.05, 4.69) is 5.32 Å². The van der Waals surface area contributed by atoms with Crippen LogP contribution in [0.25, 0.3) is 0 Å². The average molecular weight is 416 g/mol. The molecule has 1 aliphatic heterocycles. The van der Waals surface area contributed by atoms with Gasteiger partial charge in [0.05, 0.1) is 21.3 Å². The highest BCUT2D eigenvalue weighted by atomic mass is 19.1. The standard InChI is InChI=1S/C22H25FN2O5/c1-28-18-12-15(13-19(29-2)20(18)30-3)21(26)24-17-8-10-25(11-9-17)22(27)14-4-6-16(23)7-5-14/h4-7,12-13,17H,8-11H2,1-3H3,(H,24,26). The zero-order chi connectivity index (χ0) is 21.7. The summed E-state index contributed by atoms with van der Waals surface area (Å²) in [4.78, 5) is 27.0. The molecule has 1 heterocycles. The number of halogens is 1. The maximum absolute atomic E-state index is 13.1. The van der Waals surface area contributed by atoms with E-state index < -0.39 is 0 Å². The van der Waals surface area contributed by atoms with Crippen LogP contribution in [0.5, 0.6) is 17.2 Å². The number of likely N-dealkylation sites (tertiary alicyclic amines) is 1. The first-order chi connectivity index (χ1) is 14.5. The lowest BCUT2D eigenvalue weighted by molar-refractivity contribution is 0.0698. The number of nitrogens with zero attached hydrogens (tertiary/aromatic N) is 1. The number of ether oxygens (including phenoxy) is 3. The molecule has 0 atom stereocenters. The van der Waals surface area contributed by atoms with E-state index in [1.807, 2.05) is 0 Å². The molecule has 8 heteroatoms. The Balaban J connectivity index is 1.61. The monoisotopic (exact) mass is 416 g/mol. The molecular formula is C22H25FN2O5. The van der Waals surface area contributed by atoms with Crippen LogP contribution in [0.4, 0.5) is 4.39 Å². The van der Waals surface area contributed by atoms with Gasteiger partial charge in [-0.15, -0.1) is 0 Å². The maximum Gasteiger partial charge on any atom is 0.253 e. The number of amides is 2. The van der Waals surface area contributed by atoms with Gasteiger partial charge in [-0.25, -0.2) is 4.39 Å². The van der Waals surface area contributed by atoms with Crippen LogP contribution >= 0.6 is 0 Å². The fraction of sp³-hybridized carbons (Fsp3) is 0.364. The molecule has 30 heavy (non-hydrogen) atoms. The number of hydrogen-bond donors (Lipinski definition) is 1. The second-order valence-corrected chi connectivity index (χ2v) is 6.96. The van der Waals surface area contributed by atoms with Crippen LogP contribution in [-0.4, -0.2) is 57.2 Å². The first-order valence-corrected chi connectivity index (χ1v) is 9.62. The summed E-state index contributed by atoms with van der Waals surface area (Å²) in [7, 11) is 4.49. The molecule has 0 spiro atoms. The SMILES string of the molecule is COc1cc(C(=O)NC2CCN(C(=O)c3ccc(F)cc3)CC2)cc(OC)c1OC. The molecule has 0 aromatic heterocycles. The number of rotatable bonds is 6. The summed E-state index contributed by atoms with van der Waals surface area (Å²) < 4.78 is 28.9. The normalized spacial score (nSPS) is 14.2. The number of nitrogens with one attached hydrogen (secondary N) is 1. The van der Waals surface area contributed by atoms with Crippen molar-refractivity contribution in [3.05, 3.63) is 53.3 Å². The summed E-state index contributed by atoms with van der Waals surface area (Å²) in [6, 6.07) is 8.66. The average Bonchev–Trinajstić information content (AvgIpc) is 2.78. The summed E-state index contributed by atoms with van der Waals surface area (Å²) in [5.74, 6) is 0.467. The Morgan fingerprint density at radius 3 is 2.00 bits per heavy atom. The van der Waals surface area contributed by atoms with Crippen LogP contribution in [0, 0.1) is 5.82 Å². The summed E-state index contributed by atoms with van der Waals surface area (Å²) in [6.45, 7) is 1.02. The van der Waals surface area contributed by atoms with Crippen LogP contribution in [-0.2, 0) is 0 Å². The molecule has 1 N–H and O–H groups in total. The molecule has 1 fully saturated rings. The van der Waals surface area contributed by atoms with Crippen molar-refractivity contribution in [2.75, 3.05) is 34.4 Å². The van der Waals surface area contributed by atoms with E-state index in [9.17, 15) is 14.0 Å². The lowest BCUT2D eigenvalue weighted by atomic mass is 10.0. The van der Waals surface area contributed by atoms with Crippen LogP contribution in [0.1, 0.15) is 33.6 Å². The predicted octanol–water partition coefficient (Wildman–Crippen LogP) is 2.89. The number of carbonyl (C=O) groups excluding carboxylic acids is 2. The fourth-order valence-electron chi connectivity index (χ4n) is 3.48. The van der Waals surface area contributed by atoms with E-state index in [1.165, 1.54) is 45.6 Å². The van der Waals surface area contributed by atoms with Gasteiger partial charge in [0.1, 0.15) is 5.82 Å². The van der Waals surface area contributed by atoms with Gasteiger partial charge in [0.15, 0.2) is 11.5 Å². The summed E-state index contributed by atoms with van der Waals surface area (Å²) in [6.07, 6.45) is 1.26. The molecule has 2 aromatic rings. The molecule has 2 aromatic carbocycles. The van der Waals surface area contributed by atoms with E-state index in [0.717, 1.165) is 0 Å². The number of benzene rings is 2. The highest BCUT2D eigenvalue weighted by Gasteiger charge is 2.26. The molecule has 0 unspecified atom stereocenters. The van der Waals surface area contributed by atoms with Crippen LogP contribution in [0.3, 0.4) is 0 Å². The zero-order valence-electron chi connectivity index (χ0n) is 17.2. The molecule has 1 aliphatic rings. The van der Waals surface area contributed by atoms with Crippen molar-refractivity contribution in [3.8, 4) is 17.2 Å². The van der Waals surface area contributed by atoms with Crippen molar-refractivity contribution >= 4 is 11.8 Å². The lowest BCUT2D eigenvalue weighted by Crippen LogP contribution is -2.46. The molecule has 3 rings (SSSR count). The van der Waals surface area contributed by atoms with Gasteiger partial charge >= 0.3 is 0 Å². The second-order valence-electron chi connectivity index (χ2n) is 6.96. The molecule has 0 aliphatic carbocycles. The Morgan fingerprint density at radius 1 is 0.933 bits per heavy atom. The van der Waals surface area contributed by atoms with Crippen LogP contribution < -0.4 is 19.5 Å². The quantitative estimate of drug-likeness (QED) is 0.784. The summed E-state index contributed by atoms with van der Waals surface area (Å²) in [5, 5.41) is 3.00. The minimum Gasteiger partial charge on any atom is -0.493 e. The van der Waals surface area contributed by atoms with E-state index in [-0.39, 0.29) is 23.7 Å². The molecule has 1 saturated heterocycles. The minimum atomic E-state index is -0.375. The Labute approximate surface area is 174 Å². The smallest absolute Gasteiger partial charge is 0.253 e. The second kappa shape index (κ2) is 9.47. The zero-order valence-corrected chi connectivity index (χ0v) is 17.2. The van der Waals surface area contributed by atoms with Gasteiger partial charge in [-0.1, -0.05) is 0 Å². The van der Waals surface area contributed by atoms with Gasteiger partial charge in [-0.3, -0.25) is 9.59 Å². The minimum absolute atomic E-state index is 0.0612. The van der Waals surface area contributed by atoms with E-state index >= 15 is 0 Å². The molecule has 0 radical (unpaired) electrons.